The highest BCUT2D eigenvalue weighted by Gasteiger charge is 2.52. The Bertz CT molecular complexity index is 654. The van der Waals surface area contributed by atoms with Crippen LogP contribution in [0.25, 0.3) is 0 Å². The van der Waals surface area contributed by atoms with Gasteiger partial charge in [0.2, 0.25) is 11.8 Å². The Kier molecular flexibility index (Phi) is 7.05. The lowest BCUT2D eigenvalue weighted by molar-refractivity contribution is -0.135. The molecule has 2 aliphatic heterocycles. The van der Waals surface area contributed by atoms with Crippen LogP contribution in [0.2, 0.25) is 0 Å². The van der Waals surface area contributed by atoms with Crippen LogP contribution in [0.3, 0.4) is 0 Å². The van der Waals surface area contributed by atoms with Gasteiger partial charge in [0.25, 0.3) is 0 Å². The molecule has 6 nitrogen and oxygen atoms in total. The third-order valence-electron chi connectivity index (χ3n) is 6.56. The van der Waals surface area contributed by atoms with Crippen molar-refractivity contribution in [2.45, 2.75) is 46.0 Å². The van der Waals surface area contributed by atoms with E-state index in [9.17, 15) is 9.59 Å². The average Bonchev–Trinajstić information content (AvgIpc) is 3.08. The molecule has 2 fully saturated rings. The zero-order valence-corrected chi connectivity index (χ0v) is 17.2. The van der Waals surface area contributed by atoms with E-state index in [2.05, 4.69) is 24.1 Å². The van der Waals surface area contributed by atoms with E-state index < -0.39 is 0 Å². The monoisotopic (exact) mass is 387 g/mol. The highest BCUT2D eigenvalue weighted by atomic mass is 16.5. The Hall–Kier alpha value is -1.95. The van der Waals surface area contributed by atoms with E-state index in [1.807, 2.05) is 17.0 Å². The van der Waals surface area contributed by atoms with Crippen molar-refractivity contribution in [3.63, 3.8) is 0 Å². The molecule has 1 atom stereocenters. The van der Waals surface area contributed by atoms with Gasteiger partial charge in [-0.25, -0.2) is 0 Å². The highest BCUT2D eigenvalue weighted by Crippen LogP contribution is 2.45. The Morgan fingerprint density at radius 2 is 1.93 bits per heavy atom. The number of likely N-dealkylation sites (tertiary alicyclic amines) is 1. The maximum Gasteiger partial charge on any atom is 0.225 e. The number of carbonyl (C=O) groups excluding carboxylic acids is 2. The molecular formula is C22H33N3O3. The van der Waals surface area contributed by atoms with Gasteiger partial charge in [-0.15, -0.1) is 0 Å². The molecule has 3 rings (SSSR count). The summed E-state index contributed by atoms with van der Waals surface area (Å²) in [4.78, 5) is 32.0. The van der Waals surface area contributed by atoms with E-state index in [1.54, 1.807) is 12.4 Å². The molecule has 1 N–H and O–H groups in total. The van der Waals surface area contributed by atoms with Crippen LogP contribution in [0.5, 0.6) is 0 Å². The standard InChI is InChI=1S/C22H33N3O3/c1-3-18(4-2)21(27)25-15-19(22(16-25)8-13-28-14-9-22)20(26)24-12-7-17-5-10-23-11-6-17/h5-6,10-11,18-19H,3-4,7-9,12-16H2,1-2H3,(H,24,26). The maximum atomic E-state index is 13.1. The van der Waals surface area contributed by atoms with Crippen LogP contribution in [0.15, 0.2) is 24.5 Å². The second kappa shape index (κ2) is 9.50. The van der Waals surface area contributed by atoms with Gasteiger partial charge in [0.15, 0.2) is 0 Å². The van der Waals surface area contributed by atoms with Crippen molar-refractivity contribution < 1.29 is 14.3 Å². The number of hydrogen-bond acceptors (Lipinski definition) is 4. The van der Waals surface area contributed by atoms with Crippen molar-refractivity contribution in [2.24, 2.45) is 17.3 Å². The second-order valence-corrected chi connectivity index (χ2v) is 8.16. The first-order valence-electron chi connectivity index (χ1n) is 10.6. The fraction of sp³-hybridized carbons (Fsp3) is 0.682. The molecule has 154 valence electrons. The van der Waals surface area contributed by atoms with Gasteiger partial charge < -0.3 is 15.0 Å². The molecule has 0 aromatic carbocycles. The fourth-order valence-corrected chi connectivity index (χ4v) is 4.68. The number of hydrogen-bond donors (Lipinski definition) is 1. The SMILES string of the molecule is CCC(CC)C(=O)N1CC(C(=O)NCCc2ccncc2)C2(CCOCC2)C1. The van der Waals surface area contributed by atoms with E-state index in [0.29, 0.717) is 32.8 Å². The van der Waals surface area contributed by atoms with E-state index >= 15 is 0 Å². The first-order chi connectivity index (χ1) is 13.6. The lowest BCUT2D eigenvalue weighted by Crippen LogP contribution is -2.44. The minimum Gasteiger partial charge on any atom is -0.381 e. The third kappa shape index (κ3) is 4.54. The van der Waals surface area contributed by atoms with E-state index in [4.69, 9.17) is 4.74 Å². The number of amides is 2. The molecule has 0 radical (unpaired) electrons. The summed E-state index contributed by atoms with van der Waals surface area (Å²) in [7, 11) is 0. The van der Waals surface area contributed by atoms with Crippen LogP contribution in [-0.2, 0) is 20.7 Å². The number of carbonyl (C=O) groups is 2. The van der Waals surface area contributed by atoms with Crippen molar-refractivity contribution in [2.75, 3.05) is 32.8 Å². The third-order valence-corrected chi connectivity index (χ3v) is 6.56. The summed E-state index contributed by atoms with van der Waals surface area (Å²) < 4.78 is 5.57. The van der Waals surface area contributed by atoms with Crippen LogP contribution in [0, 0.1) is 17.3 Å². The minimum atomic E-state index is -0.146. The Morgan fingerprint density at radius 1 is 1.25 bits per heavy atom. The molecular weight excluding hydrogens is 354 g/mol. The average molecular weight is 388 g/mol. The van der Waals surface area contributed by atoms with E-state index in [0.717, 1.165) is 37.7 Å². The van der Waals surface area contributed by atoms with Crippen LogP contribution in [-0.4, -0.2) is 54.5 Å². The molecule has 2 saturated heterocycles. The van der Waals surface area contributed by atoms with Crippen molar-refractivity contribution in [1.82, 2.24) is 15.2 Å². The second-order valence-electron chi connectivity index (χ2n) is 8.16. The fourth-order valence-electron chi connectivity index (χ4n) is 4.68. The van der Waals surface area contributed by atoms with E-state index in [-0.39, 0.29) is 29.1 Å². The van der Waals surface area contributed by atoms with Crippen molar-refractivity contribution >= 4 is 11.8 Å². The summed E-state index contributed by atoms with van der Waals surface area (Å²) in [5.41, 5.74) is 1.02. The number of ether oxygens (including phenoxy) is 1. The molecule has 0 aliphatic carbocycles. The minimum absolute atomic E-state index is 0.0605. The molecule has 1 spiro atoms. The van der Waals surface area contributed by atoms with Gasteiger partial charge in [-0.2, -0.15) is 0 Å². The summed E-state index contributed by atoms with van der Waals surface area (Å²) >= 11 is 0. The summed E-state index contributed by atoms with van der Waals surface area (Å²) in [6.45, 7) is 7.31. The maximum absolute atomic E-state index is 13.1. The van der Waals surface area contributed by atoms with E-state index in [1.165, 1.54) is 0 Å². The molecule has 2 aliphatic rings. The molecule has 2 amide bonds. The lowest BCUT2D eigenvalue weighted by Gasteiger charge is -2.37. The first-order valence-corrected chi connectivity index (χ1v) is 10.6. The predicted molar refractivity (Wildman–Crippen MR) is 108 cm³/mol. The Labute approximate surface area is 168 Å². The highest BCUT2D eigenvalue weighted by molar-refractivity contribution is 5.84. The normalized spacial score (nSPS) is 21.2. The summed E-state index contributed by atoms with van der Waals surface area (Å²) in [5.74, 6) is 0.205. The Balaban J connectivity index is 1.65. The van der Waals surface area contributed by atoms with Crippen LogP contribution >= 0.6 is 0 Å². The predicted octanol–water partition coefficient (Wildman–Crippen LogP) is 2.43. The van der Waals surface area contributed by atoms with Crippen molar-refractivity contribution in [3.8, 4) is 0 Å². The van der Waals surface area contributed by atoms with Crippen LogP contribution in [0.4, 0.5) is 0 Å². The van der Waals surface area contributed by atoms with Crippen LogP contribution < -0.4 is 5.32 Å². The number of pyridine rings is 1. The van der Waals surface area contributed by atoms with Gasteiger partial charge in [-0.05, 0) is 49.8 Å². The van der Waals surface area contributed by atoms with Gasteiger partial charge in [0.05, 0.1) is 5.92 Å². The van der Waals surface area contributed by atoms with Crippen LogP contribution in [0.1, 0.15) is 45.1 Å². The number of rotatable bonds is 7. The van der Waals surface area contributed by atoms with Gasteiger partial charge in [-0.1, -0.05) is 13.8 Å². The van der Waals surface area contributed by atoms with Crippen molar-refractivity contribution in [1.29, 1.82) is 0 Å². The molecule has 1 unspecified atom stereocenters. The summed E-state index contributed by atoms with van der Waals surface area (Å²) in [6, 6.07) is 3.94. The van der Waals surface area contributed by atoms with Crippen molar-refractivity contribution in [3.05, 3.63) is 30.1 Å². The smallest absolute Gasteiger partial charge is 0.225 e. The number of nitrogens with zero attached hydrogens (tertiary/aromatic N) is 2. The lowest BCUT2D eigenvalue weighted by atomic mass is 9.71. The largest absolute Gasteiger partial charge is 0.381 e. The topological polar surface area (TPSA) is 71.5 Å². The molecule has 6 heteroatoms. The molecule has 0 saturated carbocycles. The molecule has 3 heterocycles. The summed E-state index contributed by atoms with van der Waals surface area (Å²) in [6.07, 6.45) is 7.73. The zero-order valence-electron chi connectivity index (χ0n) is 17.2. The Morgan fingerprint density at radius 3 is 2.57 bits per heavy atom. The van der Waals surface area contributed by atoms with Gasteiger partial charge in [0.1, 0.15) is 0 Å². The molecule has 1 aromatic heterocycles. The molecule has 28 heavy (non-hydrogen) atoms. The number of nitrogens with one attached hydrogen (secondary N) is 1. The molecule has 1 aromatic rings. The van der Waals surface area contributed by atoms with Gasteiger partial charge >= 0.3 is 0 Å². The number of aromatic nitrogens is 1. The van der Waals surface area contributed by atoms with Gasteiger partial charge in [0, 0.05) is 56.6 Å². The van der Waals surface area contributed by atoms with Gasteiger partial charge in [-0.3, -0.25) is 14.6 Å². The molecule has 0 bridgehead atoms. The summed E-state index contributed by atoms with van der Waals surface area (Å²) in [5, 5.41) is 3.12. The quantitative estimate of drug-likeness (QED) is 0.780. The zero-order chi connectivity index (χ0) is 20.0. The first kappa shape index (κ1) is 20.8.